The predicted octanol–water partition coefficient (Wildman–Crippen LogP) is 1.06. The fraction of sp³-hybridized carbons (Fsp3) is 0.857. The molecule has 1 heterocycles. The lowest BCUT2D eigenvalue weighted by molar-refractivity contribution is -0.137. The van der Waals surface area contributed by atoms with Crippen molar-refractivity contribution < 1.29 is 19.4 Å². The van der Waals surface area contributed by atoms with Gasteiger partial charge in [0.2, 0.25) is 5.91 Å². The van der Waals surface area contributed by atoms with E-state index in [-0.39, 0.29) is 18.4 Å². The van der Waals surface area contributed by atoms with Gasteiger partial charge in [-0.3, -0.25) is 14.5 Å². The highest BCUT2D eigenvalue weighted by atomic mass is 16.5. The minimum Gasteiger partial charge on any atom is -0.483 e. The van der Waals surface area contributed by atoms with E-state index >= 15 is 0 Å². The molecule has 1 rings (SSSR count). The molecule has 1 aliphatic rings. The van der Waals surface area contributed by atoms with E-state index < -0.39 is 0 Å². The standard InChI is InChI=1S/C13H26N2O2.CH2O2/c1-4-15(10-11-17-3)13(16)12-8-6-5-7-9-14(12)2;2-1-3/h12H,4-11H2,1-3H3;1H,(H,2,3). The van der Waals surface area contributed by atoms with Crippen molar-refractivity contribution in [2.45, 2.75) is 38.6 Å². The van der Waals surface area contributed by atoms with Crippen LogP contribution in [0.1, 0.15) is 32.6 Å². The first-order valence-electron chi connectivity index (χ1n) is 7.18. The van der Waals surface area contributed by atoms with Crippen molar-refractivity contribution in [3.05, 3.63) is 0 Å². The summed E-state index contributed by atoms with van der Waals surface area (Å²) in [5.41, 5.74) is 0. The van der Waals surface area contributed by atoms with Gasteiger partial charge in [0.15, 0.2) is 0 Å². The molecule has 0 radical (unpaired) electrons. The SMILES string of the molecule is CCN(CCOC)C(=O)C1CCCCCN1C.O=CO. The molecule has 0 aromatic rings. The predicted molar refractivity (Wildman–Crippen MR) is 77.7 cm³/mol. The second-order valence-electron chi connectivity index (χ2n) is 4.86. The number of likely N-dealkylation sites (N-methyl/N-ethyl adjacent to an activating group) is 2. The van der Waals surface area contributed by atoms with Gasteiger partial charge in [-0.1, -0.05) is 12.8 Å². The number of nitrogens with zero attached hydrogens (tertiary/aromatic N) is 2. The van der Waals surface area contributed by atoms with Crippen molar-refractivity contribution in [1.29, 1.82) is 0 Å². The zero-order valence-electron chi connectivity index (χ0n) is 12.9. The van der Waals surface area contributed by atoms with Crippen molar-refractivity contribution in [3.8, 4) is 0 Å². The van der Waals surface area contributed by atoms with Crippen molar-refractivity contribution in [2.75, 3.05) is 40.4 Å². The number of carbonyl (C=O) groups excluding carboxylic acids is 1. The maximum absolute atomic E-state index is 12.4. The second kappa shape index (κ2) is 11.7. The van der Waals surface area contributed by atoms with Gasteiger partial charge in [-0.25, -0.2) is 0 Å². The first kappa shape index (κ1) is 18.9. The third-order valence-electron chi connectivity index (χ3n) is 3.56. The molecule has 1 saturated heterocycles. The molecular weight excluding hydrogens is 260 g/mol. The van der Waals surface area contributed by atoms with Gasteiger partial charge in [-0.2, -0.15) is 0 Å². The summed E-state index contributed by atoms with van der Waals surface area (Å²) in [6.45, 7) is 4.92. The molecule has 1 aliphatic heterocycles. The number of amides is 1. The zero-order valence-corrected chi connectivity index (χ0v) is 12.9. The Bertz CT molecular complexity index is 274. The molecule has 1 amide bonds. The summed E-state index contributed by atoms with van der Waals surface area (Å²) in [7, 11) is 3.74. The molecule has 1 unspecified atom stereocenters. The van der Waals surface area contributed by atoms with Crippen LogP contribution in [0.15, 0.2) is 0 Å². The van der Waals surface area contributed by atoms with Gasteiger partial charge in [-0.15, -0.1) is 0 Å². The lowest BCUT2D eigenvalue weighted by Gasteiger charge is -2.30. The number of carboxylic acid groups (broad SMARTS) is 1. The number of ether oxygens (including phenoxy) is 1. The van der Waals surface area contributed by atoms with Crippen LogP contribution >= 0.6 is 0 Å². The van der Waals surface area contributed by atoms with Gasteiger partial charge in [0, 0.05) is 20.2 Å². The minimum atomic E-state index is -0.250. The highest BCUT2D eigenvalue weighted by Gasteiger charge is 2.27. The van der Waals surface area contributed by atoms with Crippen LogP contribution < -0.4 is 0 Å². The number of hydrogen-bond acceptors (Lipinski definition) is 4. The molecule has 0 aliphatic carbocycles. The third-order valence-corrected chi connectivity index (χ3v) is 3.56. The summed E-state index contributed by atoms with van der Waals surface area (Å²) in [4.78, 5) is 24.9. The van der Waals surface area contributed by atoms with E-state index in [1.165, 1.54) is 19.3 Å². The Hall–Kier alpha value is -1.14. The van der Waals surface area contributed by atoms with Gasteiger partial charge >= 0.3 is 0 Å². The van der Waals surface area contributed by atoms with E-state index in [1.807, 2.05) is 11.8 Å². The van der Waals surface area contributed by atoms with Crippen LogP contribution in [0.2, 0.25) is 0 Å². The molecule has 0 aromatic heterocycles. The monoisotopic (exact) mass is 288 g/mol. The average Bonchev–Trinajstić information content (AvgIpc) is 2.65. The van der Waals surface area contributed by atoms with Gasteiger partial charge in [0.1, 0.15) is 0 Å². The van der Waals surface area contributed by atoms with E-state index in [0.717, 1.165) is 19.5 Å². The van der Waals surface area contributed by atoms with Crippen molar-refractivity contribution in [2.24, 2.45) is 0 Å². The molecule has 1 N–H and O–H groups in total. The smallest absolute Gasteiger partial charge is 0.290 e. The van der Waals surface area contributed by atoms with Crippen LogP contribution in [0, 0.1) is 0 Å². The summed E-state index contributed by atoms with van der Waals surface area (Å²) in [6, 6.07) is 0.0781. The normalized spacial score (nSPS) is 19.4. The van der Waals surface area contributed by atoms with E-state index in [0.29, 0.717) is 13.2 Å². The molecule has 0 spiro atoms. The lowest BCUT2D eigenvalue weighted by atomic mass is 10.1. The molecule has 20 heavy (non-hydrogen) atoms. The van der Waals surface area contributed by atoms with Crippen LogP contribution in [0.3, 0.4) is 0 Å². The number of carbonyl (C=O) groups is 2. The highest BCUT2D eigenvalue weighted by molar-refractivity contribution is 5.81. The molecular formula is C14H28N2O4. The first-order valence-corrected chi connectivity index (χ1v) is 7.18. The van der Waals surface area contributed by atoms with Crippen LogP contribution in [-0.4, -0.2) is 73.7 Å². The summed E-state index contributed by atoms with van der Waals surface area (Å²) in [5, 5.41) is 6.89. The fourth-order valence-corrected chi connectivity index (χ4v) is 2.40. The van der Waals surface area contributed by atoms with E-state index in [9.17, 15) is 4.79 Å². The number of rotatable bonds is 5. The molecule has 0 aromatic carbocycles. The highest BCUT2D eigenvalue weighted by Crippen LogP contribution is 2.17. The molecule has 1 atom stereocenters. The van der Waals surface area contributed by atoms with Crippen molar-refractivity contribution in [3.63, 3.8) is 0 Å². The maximum Gasteiger partial charge on any atom is 0.290 e. The van der Waals surface area contributed by atoms with Gasteiger partial charge in [0.05, 0.1) is 12.6 Å². The van der Waals surface area contributed by atoms with Crippen LogP contribution in [0.25, 0.3) is 0 Å². The molecule has 6 nitrogen and oxygen atoms in total. The number of methoxy groups -OCH3 is 1. The van der Waals surface area contributed by atoms with E-state index in [1.54, 1.807) is 7.11 Å². The van der Waals surface area contributed by atoms with Crippen LogP contribution in [0.5, 0.6) is 0 Å². The fourth-order valence-electron chi connectivity index (χ4n) is 2.40. The molecule has 0 saturated carbocycles. The summed E-state index contributed by atoms with van der Waals surface area (Å²) < 4.78 is 5.06. The lowest BCUT2D eigenvalue weighted by Crippen LogP contribution is -2.47. The minimum absolute atomic E-state index is 0.0781. The molecule has 118 valence electrons. The van der Waals surface area contributed by atoms with E-state index in [2.05, 4.69) is 11.9 Å². The van der Waals surface area contributed by atoms with Crippen molar-refractivity contribution in [1.82, 2.24) is 9.80 Å². The van der Waals surface area contributed by atoms with Gasteiger partial charge in [-0.05, 0) is 33.4 Å². The van der Waals surface area contributed by atoms with Crippen LogP contribution in [-0.2, 0) is 14.3 Å². The quantitative estimate of drug-likeness (QED) is 0.766. The third kappa shape index (κ3) is 6.86. The van der Waals surface area contributed by atoms with Gasteiger partial charge < -0.3 is 14.7 Å². The van der Waals surface area contributed by atoms with Crippen LogP contribution in [0.4, 0.5) is 0 Å². The summed E-state index contributed by atoms with van der Waals surface area (Å²) in [6.07, 6.45) is 4.63. The Balaban J connectivity index is 0.00000110. The Morgan fingerprint density at radius 1 is 1.45 bits per heavy atom. The number of likely N-dealkylation sites (tertiary alicyclic amines) is 1. The van der Waals surface area contributed by atoms with Gasteiger partial charge in [0.25, 0.3) is 6.47 Å². The Kier molecular flexibility index (Phi) is 11.0. The molecule has 6 heteroatoms. The number of hydrogen-bond donors (Lipinski definition) is 1. The first-order chi connectivity index (χ1) is 9.62. The van der Waals surface area contributed by atoms with Crippen molar-refractivity contribution >= 4 is 12.4 Å². The summed E-state index contributed by atoms with van der Waals surface area (Å²) >= 11 is 0. The average molecular weight is 288 g/mol. The largest absolute Gasteiger partial charge is 0.483 e. The Morgan fingerprint density at radius 3 is 2.65 bits per heavy atom. The molecule has 1 fully saturated rings. The topological polar surface area (TPSA) is 70.1 Å². The zero-order chi connectivity index (χ0) is 15.4. The summed E-state index contributed by atoms with van der Waals surface area (Å²) in [5.74, 6) is 0.272. The molecule has 0 bridgehead atoms. The second-order valence-corrected chi connectivity index (χ2v) is 4.86. The maximum atomic E-state index is 12.4. The Morgan fingerprint density at radius 2 is 2.10 bits per heavy atom. The Labute approximate surface area is 121 Å². The van der Waals surface area contributed by atoms with E-state index in [4.69, 9.17) is 14.6 Å².